The summed E-state index contributed by atoms with van der Waals surface area (Å²) in [6.07, 6.45) is 2.84. The fraction of sp³-hybridized carbons (Fsp3) is 0.833. The van der Waals surface area contributed by atoms with Gasteiger partial charge in [-0.2, -0.15) is 0 Å². The van der Waals surface area contributed by atoms with E-state index in [2.05, 4.69) is 10.6 Å². The second-order valence-electron chi connectivity index (χ2n) is 2.34. The zero-order chi connectivity index (χ0) is 6.53. The first kappa shape index (κ1) is 6.55. The van der Waals surface area contributed by atoms with Crippen LogP contribution in [-0.2, 0) is 4.79 Å². The molecule has 1 radical (unpaired) electrons. The molecule has 0 aromatic carbocycles. The van der Waals surface area contributed by atoms with Crippen LogP contribution in [0.1, 0.15) is 6.42 Å². The molecular weight excluding hydrogens is 116 g/mol. The Morgan fingerprint density at radius 3 is 3.22 bits per heavy atom. The van der Waals surface area contributed by atoms with Gasteiger partial charge in [0.15, 0.2) is 0 Å². The summed E-state index contributed by atoms with van der Waals surface area (Å²) >= 11 is 0. The molecule has 9 heavy (non-hydrogen) atoms. The van der Waals surface area contributed by atoms with E-state index in [0.29, 0.717) is 5.92 Å². The normalized spacial score (nSPS) is 26.0. The second-order valence-corrected chi connectivity index (χ2v) is 2.34. The van der Waals surface area contributed by atoms with Gasteiger partial charge in [0.05, 0.1) is 0 Å². The third-order valence-electron chi connectivity index (χ3n) is 1.63. The third kappa shape index (κ3) is 2.01. The molecule has 2 N–H and O–H groups in total. The quantitative estimate of drug-likeness (QED) is 0.490. The molecule has 1 amide bonds. The van der Waals surface area contributed by atoms with E-state index in [-0.39, 0.29) is 0 Å². The Bertz CT molecular complexity index is 89.1. The lowest BCUT2D eigenvalue weighted by Crippen LogP contribution is -2.22. The van der Waals surface area contributed by atoms with Gasteiger partial charge in [0, 0.05) is 6.54 Å². The molecule has 1 aliphatic rings. The Labute approximate surface area is 54.8 Å². The number of hydrogen-bond acceptors (Lipinski definition) is 2. The number of nitrogens with one attached hydrogen (secondary N) is 2. The summed E-state index contributed by atoms with van der Waals surface area (Å²) in [7, 11) is 0. The maximum atomic E-state index is 9.71. The molecule has 1 heterocycles. The van der Waals surface area contributed by atoms with E-state index in [1.165, 1.54) is 6.42 Å². The topological polar surface area (TPSA) is 41.1 Å². The van der Waals surface area contributed by atoms with Crippen LogP contribution in [0.15, 0.2) is 0 Å². The van der Waals surface area contributed by atoms with Crippen molar-refractivity contribution in [1.29, 1.82) is 0 Å². The van der Waals surface area contributed by atoms with Gasteiger partial charge in [0.2, 0.25) is 0 Å². The number of amides is 1. The molecule has 0 spiro atoms. The fourth-order valence-electron chi connectivity index (χ4n) is 1.07. The van der Waals surface area contributed by atoms with Crippen LogP contribution < -0.4 is 10.6 Å². The highest BCUT2D eigenvalue weighted by Gasteiger charge is 2.12. The lowest BCUT2D eigenvalue weighted by atomic mass is 10.1. The van der Waals surface area contributed by atoms with Crippen LogP contribution >= 0.6 is 0 Å². The van der Waals surface area contributed by atoms with Crippen molar-refractivity contribution in [3.8, 4) is 0 Å². The predicted molar refractivity (Wildman–Crippen MR) is 34.7 cm³/mol. The Morgan fingerprint density at radius 2 is 2.67 bits per heavy atom. The van der Waals surface area contributed by atoms with Crippen molar-refractivity contribution in [2.24, 2.45) is 5.92 Å². The van der Waals surface area contributed by atoms with Gasteiger partial charge in [0.25, 0.3) is 0 Å². The molecule has 1 saturated heterocycles. The van der Waals surface area contributed by atoms with E-state index in [1.54, 1.807) is 6.41 Å². The van der Waals surface area contributed by atoms with Crippen molar-refractivity contribution >= 4 is 6.41 Å². The first-order valence-electron chi connectivity index (χ1n) is 3.24. The largest absolute Gasteiger partial charge is 0.348 e. The van der Waals surface area contributed by atoms with Crippen LogP contribution in [0.4, 0.5) is 0 Å². The van der Waals surface area contributed by atoms with E-state index in [1.807, 2.05) is 0 Å². The molecule has 1 fully saturated rings. The minimum Gasteiger partial charge on any atom is -0.348 e. The van der Waals surface area contributed by atoms with Crippen molar-refractivity contribution < 1.29 is 4.79 Å². The Morgan fingerprint density at radius 1 is 1.78 bits per heavy atom. The van der Waals surface area contributed by atoms with Crippen LogP contribution in [0.5, 0.6) is 0 Å². The summed E-state index contributed by atoms with van der Waals surface area (Å²) in [5, 5.41) is 5.76. The van der Waals surface area contributed by atoms with Crippen LogP contribution in [0, 0.1) is 5.92 Å². The van der Waals surface area contributed by atoms with Crippen LogP contribution in [0.3, 0.4) is 0 Å². The molecule has 1 atom stereocenters. The minimum atomic E-state index is 0.631. The molecular formula is C6H11N2O. The summed E-state index contributed by atoms with van der Waals surface area (Å²) in [4.78, 5) is 9.71. The van der Waals surface area contributed by atoms with Crippen LogP contribution in [0.25, 0.3) is 0 Å². The molecule has 1 rings (SSSR count). The lowest BCUT2D eigenvalue weighted by Gasteiger charge is -2.03. The molecule has 0 bridgehead atoms. The van der Waals surface area contributed by atoms with Crippen molar-refractivity contribution in [2.75, 3.05) is 19.6 Å². The van der Waals surface area contributed by atoms with Crippen molar-refractivity contribution in [1.82, 2.24) is 10.6 Å². The van der Waals surface area contributed by atoms with Crippen LogP contribution in [-0.4, -0.2) is 26.0 Å². The standard InChI is InChI=1S/C6H11N2O/c9-5-8-4-6-1-2-7-3-6/h6-7H,1-4H2,(H,8,9). The van der Waals surface area contributed by atoms with Gasteiger partial charge in [-0.1, -0.05) is 0 Å². The number of rotatable bonds is 3. The molecule has 0 aliphatic carbocycles. The van der Waals surface area contributed by atoms with Crippen molar-refractivity contribution in [3.05, 3.63) is 0 Å². The Balaban J connectivity index is 2.04. The van der Waals surface area contributed by atoms with E-state index < -0.39 is 0 Å². The van der Waals surface area contributed by atoms with Gasteiger partial charge in [0.1, 0.15) is 0 Å². The molecule has 1 aliphatic heterocycles. The van der Waals surface area contributed by atoms with Gasteiger partial charge < -0.3 is 10.6 Å². The molecule has 51 valence electrons. The summed E-state index contributed by atoms with van der Waals surface area (Å²) < 4.78 is 0. The molecule has 0 aromatic rings. The smallest absolute Gasteiger partial charge is 0.309 e. The van der Waals surface area contributed by atoms with Crippen molar-refractivity contribution in [2.45, 2.75) is 6.42 Å². The molecule has 3 heteroatoms. The first-order chi connectivity index (χ1) is 4.43. The van der Waals surface area contributed by atoms with Crippen LogP contribution in [0.2, 0.25) is 0 Å². The molecule has 0 saturated carbocycles. The zero-order valence-corrected chi connectivity index (χ0v) is 5.31. The van der Waals surface area contributed by atoms with Gasteiger partial charge in [-0.15, -0.1) is 0 Å². The van der Waals surface area contributed by atoms with Crippen molar-refractivity contribution in [3.63, 3.8) is 0 Å². The Hall–Kier alpha value is -0.570. The van der Waals surface area contributed by atoms with E-state index in [9.17, 15) is 4.79 Å². The molecule has 1 unspecified atom stereocenters. The molecule has 3 nitrogen and oxygen atoms in total. The summed E-state index contributed by atoms with van der Waals surface area (Å²) in [5.74, 6) is 0.631. The van der Waals surface area contributed by atoms with E-state index >= 15 is 0 Å². The average molecular weight is 127 g/mol. The maximum Gasteiger partial charge on any atom is 0.309 e. The first-order valence-corrected chi connectivity index (χ1v) is 3.24. The maximum absolute atomic E-state index is 9.71. The second kappa shape index (κ2) is 3.45. The van der Waals surface area contributed by atoms with Gasteiger partial charge in [-0.3, -0.25) is 4.79 Å². The number of carbonyl (C=O) groups excluding carboxylic acids is 1. The van der Waals surface area contributed by atoms with E-state index in [4.69, 9.17) is 0 Å². The SMILES string of the molecule is O=[C]NCC1CCNC1. The summed E-state index contributed by atoms with van der Waals surface area (Å²) in [5.41, 5.74) is 0. The van der Waals surface area contributed by atoms with Gasteiger partial charge in [-0.05, 0) is 25.4 Å². The fourth-order valence-corrected chi connectivity index (χ4v) is 1.07. The monoisotopic (exact) mass is 127 g/mol. The van der Waals surface area contributed by atoms with E-state index in [0.717, 1.165) is 19.6 Å². The Kier molecular flexibility index (Phi) is 2.51. The minimum absolute atomic E-state index is 0.631. The highest BCUT2D eigenvalue weighted by atomic mass is 16.1. The molecule has 0 aromatic heterocycles. The summed E-state index contributed by atoms with van der Waals surface area (Å²) in [6, 6.07) is 0. The third-order valence-corrected chi connectivity index (χ3v) is 1.63. The highest BCUT2D eigenvalue weighted by Crippen LogP contribution is 2.04. The zero-order valence-electron chi connectivity index (χ0n) is 5.31. The predicted octanol–water partition coefficient (Wildman–Crippen LogP) is -0.747. The lowest BCUT2D eigenvalue weighted by molar-refractivity contribution is 0.514. The summed E-state index contributed by atoms with van der Waals surface area (Å²) in [6.45, 7) is 2.90. The highest BCUT2D eigenvalue weighted by molar-refractivity contribution is 5.46. The number of hydrogen-bond donors (Lipinski definition) is 2. The van der Waals surface area contributed by atoms with Gasteiger partial charge in [-0.25, -0.2) is 0 Å². The van der Waals surface area contributed by atoms with Gasteiger partial charge >= 0.3 is 6.41 Å². The average Bonchev–Trinajstić information content (AvgIpc) is 2.34.